The number of esters is 1. The Kier molecular flexibility index (Phi) is 7.87. The number of carbonyl (C=O) groups excluding carboxylic acids is 1. The van der Waals surface area contributed by atoms with Crippen LogP contribution in [-0.4, -0.2) is 5.97 Å². The fraction of sp³-hybridized carbons (Fsp3) is 0.562. The van der Waals surface area contributed by atoms with E-state index in [9.17, 15) is 9.18 Å². The quantitative estimate of drug-likeness (QED) is 0.362. The average molecular weight is 266 g/mol. The molecule has 0 amide bonds. The van der Waals surface area contributed by atoms with E-state index in [1.54, 1.807) is 0 Å². The van der Waals surface area contributed by atoms with Crippen LogP contribution in [0, 0.1) is 5.82 Å². The smallest absolute Gasteiger partial charge is 0.311 e. The second-order valence-corrected chi connectivity index (χ2v) is 4.80. The largest absolute Gasteiger partial charge is 0.427 e. The first-order valence-electron chi connectivity index (χ1n) is 7.18. The van der Waals surface area contributed by atoms with Gasteiger partial charge in [0.1, 0.15) is 11.6 Å². The van der Waals surface area contributed by atoms with Crippen molar-refractivity contribution in [2.45, 2.75) is 58.3 Å². The van der Waals surface area contributed by atoms with Gasteiger partial charge in [-0.3, -0.25) is 4.79 Å². The Morgan fingerprint density at radius 1 is 1.00 bits per heavy atom. The standard InChI is InChI=1S/C16H23FO2/c1-2-3-4-5-6-7-8-9-16(18)19-15-12-10-14(17)11-13-15/h10-13H,2-9H2,1H3. The van der Waals surface area contributed by atoms with Gasteiger partial charge in [0.15, 0.2) is 0 Å². The molecule has 0 aliphatic carbocycles. The van der Waals surface area contributed by atoms with Gasteiger partial charge in [-0.25, -0.2) is 4.39 Å². The summed E-state index contributed by atoms with van der Waals surface area (Å²) >= 11 is 0. The average Bonchev–Trinajstić information content (AvgIpc) is 2.40. The van der Waals surface area contributed by atoms with E-state index in [-0.39, 0.29) is 11.8 Å². The van der Waals surface area contributed by atoms with Crippen LogP contribution >= 0.6 is 0 Å². The molecule has 3 heteroatoms. The predicted octanol–water partition coefficient (Wildman–Crippen LogP) is 4.87. The number of hydrogen-bond donors (Lipinski definition) is 0. The zero-order chi connectivity index (χ0) is 13.9. The fourth-order valence-electron chi connectivity index (χ4n) is 1.91. The van der Waals surface area contributed by atoms with Crippen LogP contribution in [0.1, 0.15) is 58.3 Å². The van der Waals surface area contributed by atoms with Gasteiger partial charge in [-0.05, 0) is 30.7 Å². The summed E-state index contributed by atoms with van der Waals surface area (Å²) < 4.78 is 17.8. The van der Waals surface area contributed by atoms with Crippen molar-refractivity contribution in [2.75, 3.05) is 0 Å². The molecule has 0 aromatic heterocycles. The molecule has 0 bridgehead atoms. The Morgan fingerprint density at radius 2 is 1.58 bits per heavy atom. The number of ether oxygens (including phenoxy) is 1. The Balaban J connectivity index is 2.06. The number of benzene rings is 1. The van der Waals surface area contributed by atoms with Crippen molar-refractivity contribution in [1.29, 1.82) is 0 Å². The van der Waals surface area contributed by atoms with Gasteiger partial charge in [0.2, 0.25) is 0 Å². The molecule has 0 aliphatic rings. The second kappa shape index (κ2) is 9.54. The summed E-state index contributed by atoms with van der Waals surface area (Å²) in [4.78, 5) is 11.5. The first-order chi connectivity index (χ1) is 9.22. The highest BCUT2D eigenvalue weighted by Crippen LogP contribution is 2.13. The maximum absolute atomic E-state index is 12.7. The van der Waals surface area contributed by atoms with E-state index in [1.807, 2.05) is 0 Å². The number of unbranched alkanes of at least 4 members (excludes halogenated alkanes) is 6. The van der Waals surface area contributed by atoms with Crippen LogP contribution in [0.5, 0.6) is 5.75 Å². The lowest BCUT2D eigenvalue weighted by Crippen LogP contribution is -2.07. The normalized spacial score (nSPS) is 10.4. The van der Waals surface area contributed by atoms with Gasteiger partial charge in [0, 0.05) is 6.42 Å². The Morgan fingerprint density at radius 3 is 2.21 bits per heavy atom. The van der Waals surface area contributed by atoms with Crippen molar-refractivity contribution in [3.63, 3.8) is 0 Å². The summed E-state index contributed by atoms with van der Waals surface area (Å²) in [5, 5.41) is 0. The Labute approximate surface area is 115 Å². The molecule has 0 unspecified atom stereocenters. The van der Waals surface area contributed by atoms with E-state index in [2.05, 4.69) is 6.92 Å². The summed E-state index contributed by atoms with van der Waals surface area (Å²) in [7, 11) is 0. The molecule has 106 valence electrons. The van der Waals surface area contributed by atoms with Crippen LogP contribution < -0.4 is 4.74 Å². The number of halogens is 1. The van der Waals surface area contributed by atoms with Crippen molar-refractivity contribution >= 4 is 5.97 Å². The van der Waals surface area contributed by atoms with Gasteiger partial charge in [-0.15, -0.1) is 0 Å². The molecule has 0 N–H and O–H groups in total. The molecular formula is C16H23FO2. The molecule has 0 spiro atoms. The van der Waals surface area contributed by atoms with Crippen molar-refractivity contribution < 1.29 is 13.9 Å². The summed E-state index contributed by atoms with van der Waals surface area (Å²) in [6.07, 6.45) is 8.65. The monoisotopic (exact) mass is 266 g/mol. The highest BCUT2D eigenvalue weighted by Gasteiger charge is 2.04. The van der Waals surface area contributed by atoms with Crippen molar-refractivity contribution in [3.05, 3.63) is 30.1 Å². The van der Waals surface area contributed by atoms with Crippen LogP contribution in [0.4, 0.5) is 4.39 Å². The Bertz CT molecular complexity index is 360. The van der Waals surface area contributed by atoms with E-state index in [0.717, 1.165) is 12.8 Å². The molecule has 0 saturated heterocycles. The zero-order valence-corrected chi connectivity index (χ0v) is 11.7. The van der Waals surface area contributed by atoms with E-state index < -0.39 is 0 Å². The van der Waals surface area contributed by atoms with Gasteiger partial charge in [-0.1, -0.05) is 45.4 Å². The zero-order valence-electron chi connectivity index (χ0n) is 11.7. The molecule has 0 atom stereocenters. The van der Waals surface area contributed by atoms with Gasteiger partial charge in [0.25, 0.3) is 0 Å². The molecule has 2 nitrogen and oxygen atoms in total. The van der Waals surface area contributed by atoms with Gasteiger partial charge in [-0.2, -0.15) is 0 Å². The molecule has 1 aromatic carbocycles. The third-order valence-electron chi connectivity index (χ3n) is 3.03. The van der Waals surface area contributed by atoms with E-state index in [0.29, 0.717) is 12.2 Å². The highest BCUT2D eigenvalue weighted by atomic mass is 19.1. The molecule has 0 saturated carbocycles. The molecule has 1 rings (SSSR count). The van der Waals surface area contributed by atoms with Crippen LogP contribution in [0.2, 0.25) is 0 Å². The third-order valence-corrected chi connectivity index (χ3v) is 3.03. The summed E-state index contributed by atoms with van der Waals surface area (Å²) in [5.74, 6) is -0.151. The lowest BCUT2D eigenvalue weighted by molar-refractivity contribution is -0.134. The van der Waals surface area contributed by atoms with E-state index in [4.69, 9.17) is 4.74 Å². The minimum atomic E-state index is -0.327. The predicted molar refractivity (Wildman–Crippen MR) is 74.6 cm³/mol. The summed E-state index contributed by atoms with van der Waals surface area (Å²) in [6.45, 7) is 2.20. The van der Waals surface area contributed by atoms with Gasteiger partial charge >= 0.3 is 5.97 Å². The van der Waals surface area contributed by atoms with E-state index >= 15 is 0 Å². The highest BCUT2D eigenvalue weighted by molar-refractivity contribution is 5.72. The molecular weight excluding hydrogens is 243 g/mol. The van der Waals surface area contributed by atoms with Gasteiger partial charge < -0.3 is 4.74 Å². The van der Waals surface area contributed by atoms with Crippen molar-refractivity contribution in [3.8, 4) is 5.75 Å². The molecule has 0 aliphatic heterocycles. The lowest BCUT2D eigenvalue weighted by Gasteiger charge is -2.04. The topological polar surface area (TPSA) is 26.3 Å². The molecule has 0 fully saturated rings. The SMILES string of the molecule is CCCCCCCCCC(=O)Oc1ccc(F)cc1. The van der Waals surface area contributed by atoms with Gasteiger partial charge in [0.05, 0.1) is 0 Å². The third kappa shape index (κ3) is 7.60. The number of rotatable bonds is 9. The minimum Gasteiger partial charge on any atom is -0.427 e. The minimum absolute atomic E-state index is 0.236. The fourth-order valence-corrected chi connectivity index (χ4v) is 1.91. The van der Waals surface area contributed by atoms with Crippen LogP contribution in [0.25, 0.3) is 0 Å². The summed E-state index contributed by atoms with van der Waals surface area (Å²) in [5.41, 5.74) is 0. The first kappa shape index (κ1) is 15.7. The molecule has 1 aromatic rings. The van der Waals surface area contributed by atoms with E-state index in [1.165, 1.54) is 56.4 Å². The molecule has 0 radical (unpaired) electrons. The molecule has 0 heterocycles. The van der Waals surface area contributed by atoms with Crippen molar-refractivity contribution in [2.24, 2.45) is 0 Å². The molecule has 19 heavy (non-hydrogen) atoms. The number of hydrogen-bond acceptors (Lipinski definition) is 2. The maximum Gasteiger partial charge on any atom is 0.311 e. The lowest BCUT2D eigenvalue weighted by atomic mass is 10.1. The van der Waals surface area contributed by atoms with Crippen LogP contribution in [0.15, 0.2) is 24.3 Å². The van der Waals surface area contributed by atoms with Crippen LogP contribution in [-0.2, 0) is 4.79 Å². The Hall–Kier alpha value is -1.38. The maximum atomic E-state index is 12.7. The number of carbonyl (C=O) groups is 1. The summed E-state index contributed by atoms with van der Waals surface area (Å²) in [6, 6.07) is 5.52. The first-order valence-corrected chi connectivity index (χ1v) is 7.18. The van der Waals surface area contributed by atoms with Crippen LogP contribution in [0.3, 0.4) is 0 Å². The van der Waals surface area contributed by atoms with Crippen molar-refractivity contribution in [1.82, 2.24) is 0 Å². The second-order valence-electron chi connectivity index (χ2n) is 4.80.